The maximum absolute atomic E-state index is 6.13. The number of thiophene rings is 1. The minimum atomic E-state index is -0.280. The van der Waals surface area contributed by atoms with E-state index in [1.54, 1.807) is 11.3 Å². The molecule has 0 spiro atoms. The highest BCUT2D eigenvalue weighted by Gasteiger charge is 2.52. The molecule has 2 aromatic rings. The summed E-state index contributed by atoms with van der Waals surface area (Å²) in [4.78, 5) is 1.37. The van der Waals surface area contributed by atoms with Gasteiger partial charge < -0.3 is 9.31 Å². The summed E-state index contributed by atoms with van der Waals surface area (Å²) >= 11 is 1.80. The number of hydrogen-bond donors (Lipinski definition) is 0. The number of allylic oxidation sites excluding steroid dienone is 1. The van der Waals surface area contributed by atoms with E-state index in [1.807, 2.05) is 0 Å². The van der Waals surface area contributed by atoms with Crippen molar-refractivity contribution in [1.29, 1.82) is 0 Å². The Labute approximate surface area is 156 Å². The molecule has 4 heteroatoms. The van der Waals surface area contributed by atoms with Crippen LogP contribution in [0.25, 0.3) is 6.08 Å². The van der Waals surface area contributed by atoms with Crippen molar-refractivity contribution in [2.45, 2.75) is 58.7 Å². The van der Waals surface area contributed by atoms with E-state index in [1.165, 1.54) is 16.0 Å². The van der Waals surface area contributed by atoms with Gasteiger partial charge in [-0.1, -0.05) is 42.5 Å². The number of aryl methyl sites for hydroxylation is 2. The summed E-state index contributed by atoms with van der Waals surface area (Å²) in [5.74, 6) is 0. The standard InChI is InChI=1S/C21H27BO2S/c1-16-10-6-7-11-17(16)12-8-9-13-18-14-15-19(25-18)22-23-20(2,3)21(4,5)24-22/h6-8,10-12,14-15H,9,13H2,1-5H3/b12-8-. The molecule has 0 amide bonds. The van der Waals surface area contributed by atoms with Crippen LogP contribution in [0, 0.1) is 6.92 Å². The van der Waals surface area contributed by atoms with Crippen LogP contribution in [0.1, 0.15) is 50.1 Å². The molecule has 0 bridgehead atoms. The smallest absolute Gasteiger partial charge is 0.399 e. The third-order valence-electron chi connectivity index (χ3n) is 5.21. The fourth-order valence-electron chi connectivity index (χ4n) is 2.82. The van der Waals surface area contributed by atoms with Gasteiger partial charge in [0.25, 0.3) is 0 Å². The zero-order valence-electron chi connectivity index (χ0n) is 15.8. The Balaban J connectivity index is 1.57. The Hall–Kier alpha value is -1.36. The summed E-state index contributed by atoms with van der Waals surface area (Å²) < 4.78 is 13.4. The van der Waals surface area contributed by atoms with Crippen LogP contribution in [0.15, 0.2) is 42.5 Å². The molecular formula is C21H27BO2S. The molecule has 3 rings (SSSR count). The van der Waals surface area contributed by atoms with Crippen LogP contribution in [0.4, 0.5) is 0 Å². The number of hydrogen-bond acceptors (Lipinski definition) is 3. The van der Waals surface area contributed by atoms with Gasteiger partial charge in [-0.25, -0.2) is 0 Å². The Morgan fingerprint density at radius 2 is 1.68 bits per heavy atom. The molecule has 25 heavy (non-hydrogen) atoms. The molecule has 1 aromatic carbocycles. The molecule has 2 heterocycles. The first-order chi connectivity index (χ1) is 11.8. The lowest BCUT2D eigenvalue weighted by Gasteiger charge is -2.32. The predicted octanol–water partition coefficient (Wildman–Crippen LogP) is 5.00. The summed E-state index contributed by atoms with van der Waals surface area (Å²) in [5, 5.41) is 0. The Kier molecular flexibility index (Phi) is 5.24. The van der Waals surface area contributed by atoms with Gasteiger partial charge in [-0.2, -0.15) is 0 Å². The van der Waals surface area contributed by atoms with Crippen LogP contribution >= 0.6 is 11.3 Å². The van der Waals surface area contributed by atoms with Crippen molar-refractivity contribution in [1.82, 2.24) is 0 Å². The topological polar surface area (TPSA) is 18.5 Å². The molecule has 1 aliphatic rings. The van der Waals surface area contributed by atoms with Crippen molar-refractivity contribution >= 4 is 29.3 Å². The third kappa shape index (κ3) is 4.08. The van der Waals surface area contributed by atoms with E-state index in [9.17, 15) is 0 Å². The highest BCUT2D eigenvalue weighted by molar-refractivity contribution is 7.22. The fourth-order valence-corrected chi connectivity index (χ4v) is 3.81. The van der Waals surface area contributed by atoms with Gasteiger partial charge in [-0.3, -0.25) is 0 Å². The van der Waals surface area contributed by atoms with Gasteiger partial charge in [0.15, 0.2) is 0 Å². The predicted molar refractivity (Wildman–Crippen MR) is 109 cm³/mol. The van der Waals surface area contributed by atoms with Crippen LogP contribution in [0.3, 0.4) is 0 Å². The highest BCUT2D eigenvalue weighted by Crippen LogP contribution is 2.37. The van der Waals surface area contributed by atoms with Gasteiger partial charge in [0.05, 0.1) is 11.2 Å². The van der Waals surface area contributed by atoms with Crippen LogP contribution in [-0.4, -0.2) is 18.3 Å². The maximum Gasteiger partial charge on any atom is 0.505 e. The molecule has 0 N–H and O–H groups in total. The van der Waals surface area contributed by atoms with E-state index in [4.69, 9.17) is 9.31 Å². The first-order valence-corrected chi connectivity index (χ1v) is 9.76. The van der Waals surface area contributed by atoms with Gasteiger partial charge in [0, 0.05) is 9.65 Å². The second-order valence-corrected chi connectivity index (χ2v) is 8.89. The van der Waals surface area contributed by atoms with Crippen molar-refractivity contribution in [3.05, 3.63) is 58.5 Å². The Morgan fingerprint density at radius 3 is 2.36 bits per heavy atom. The molecule has 132 valence electrons. The maximum atomic E-state index is 6.13. The zero-order chi connectivity index (χ0) is 18.1. The van der Waals surface area contributed by atoms with Gasteiger partial charge in [0.1, 0.15) is 0 Å². The van der Waals surface area contributed by atoms with E-state index in [-0.39, 0.29) is 18.3 Å². The summed E-state index contributed by atoms with van der Waals surface area (Å²) in [5.41, 5.74) is 2.06. The van der Waals surface area contributed by atoms with Crippen LogP contribution < -0.4 is 4.78 Å². The lowest BCUT2D eigenvalue weighted by molar-refractivity contribution is 0.00578. The van der Waals surface area contributed by atoms with E-state index < -0.39 is 0 Å². The average molecular weight is 354 g/mol. The molecule has 0 radical (unpaired) electrons. The monoisotopic (exact) mass is 354 g/mol. The normalized spacial score (nSPS) is 19.0. The van der Waals surface area contributed by atoms with Crippen molar-refractivity contribution in [2.24, 2.45) is 0 Å². The van der Waals surface area contributed by atoms with Crippen molar-refractivity contribution in [3.8, 4) is 0 Å². The molecule has 1 aliphatic heterocycles. The molecule has 0 atom stereocenters. The molecule has 0 saturated carbocycles. The molecule has 0 unspecified atom stereocenters. The van der Waals surface area contributed by atoms with Crippen LogP contribution in [0.2, 0.25) is 0 Å². The SMILES string of the molecule is Cc1ccccc1/C=C\CCc1ccc(B2OC(C)(C)C(C)(C)O2)s1. The minimum absolute atomic E-state index is 0.244. The summed E-state index contributed by atoms with van der Waals surface area (Å²) in [6.07, 6.45) is 6.57. The fraction of sp³-hybridized carbons (Fsp3) is 0.429. The second-order valence-electron chi connectivity index (χ2n) is 7.69. The molecule has 1 fully saturated rings. The summed E-state index contributed by atoms with van der Waals surface area (Å²) in [6.45, 7) is 10.5. The molecule has 1 aromatic heterocycles. The molecule has 2 nitrogen and oxygen atoms in total. The molecular weight excluding hydrogens is 327 g/mol. The van der Waals surface area contributed by atoms with Crippen LogP contribution in [0.5, 0.6) is 0 Å². The van der Waals surface area contributed by atoms with Gasteiger partial charge in [0.2, 0.25) is 0 Å². The second kappa shape index (κ2) is 7.10. The number of rotatable bonds is 5. The van der Waals surface area contributed by atoms with E-state index >= 15 is 0 Å². The Bertz CT molecular complexity index is 745. The molecule has 1 saturated heterocycles. The first kappa shape index (κ1) is 18.4. The quantitative estimate of drug-likeness (QED) is 0.704. The van der Waals surface area contributed by atoms with Crippen molar-refractivity contribution in [2.75, 3.05) is 0 Å². The van der Waals surface area contributed by atoms with E-state index in [0.717, 1.165) is 17.6 Å². The van der Waals surface area contributed by atoms with Gasteiger partial charge in [-0.15, -0.1) is 11.3 Å². The lowest BCUT2D eigenvalue weighted by Crippen LogP contribution is -2.41. The van der Waals surface area contributed by atoms with Crippen molar-refractivity contribution in [3.63, 3.8) is 0 Å². The first-order valence-electron chi connectivity index (χ1n) is 8.95. The zero-order valence-corrected chi connectivity index (χ0v) is 16.7. The third-order valence-corrected chi connectivity index (χ3v) is 6.38. The largest absolute Gasteiger partial charge is 0.505 e. The van der Waals surface area contributed by atoms with Gasteiger partial charge >= 0.3 is 7.12 Å². The Morgan fingerprint density at radius 1 is 1.00 bits per heavy atom. The minimum Gasteiger partial charge on any atom is -0.399 e. The van der Waals surface area contributed by atoms with Crippen LogP contribution in [-0.2, 0) is 15.7 Å². The highest BCUT2D eigenvalue weighted by atomic mass is 32.1. The number of benzene rings is 1. The molecule has 0 aliphatic carbocycles. The summed E-state index contributed by atoms with van der Waals surface area (Å²) in [6, 6.07) is 12.8. The van der Waals surface area contributed by atoms with Gasteiger partial charge in [-0.05, 0) is 64.7 Å². The van der Waals surface area contributed by atoms with Crippen molar-refractivity contribution < 1.29 is 9.31 Å². The summed E-state index contributed by atoms with van der Waals surface area (Å²) in [7, 11) is -0.244. The van der Waals surface area contributed by atoms with E-state index in [2.05, 4.69) is 83.2 Å². The van der Waals surface area contributed by atoms with E-state index in [0.29, 0.717) is 0 Å². The average Bonchev–Trinajstić information content (AvgIpc) is 3.08. The lowest BCUT2D eigenvalue weighted by atomic mass is 9.88.